The van der Waals surface area contributed by atoms with Gasteiger partial charge >= 0.3 is 6.09 Å². The van der Waals surface area contributed by atoms with E-state index in [-0.39, 0.29) is 29.3 Å². The van der Waals surface area contributed by atoms with Crippen LogP contribution in [0.1, 0.15) is 44.7 Å². The van der Waals surface area contributed by atoms with Gasteiger partial charge in [0.25, 0.3) is 0 Å². The van der Waals surface area contributed by atoms with Gasteiger partial charge in [0.1, 0.15) is 6.07 Å². The van der Waals surface area contributed by atoms with Gasteiger partial charge in [0.05, 0.1) is 40.1 Å². The Morgan fingerprint density at radius 1 is 1.21 bits per heavy atom. The number of ether oxygens (including phenoxy) is 1. The van der Waals surface area contributed by atoms with Gasteiger partial charge < -0.3 is 9.30 Å². The van der Waals surface area contributed by atoms with Crippen molar-refractivity contribution < 1.29 is 17.9 Å². The number of benzene rings is 2. The van der Waals surface area contributed by atoms with Crippen LogP contribution in [0.3, 0.4) is 0 Å². The molecule has 1 amide bonds. The van der Waals surface area contributed by atoms with Crippen molar-refractivity contribution in [2.75, 3.05) is 11.1 Å². The van der Waals surface area contributed by atoms with Gasteiger partial charge in [-0.05, 0) is 69.0 Å². The van der Waals surface area contributed by atoms with E-state index in [4.69, 9.17) is 4.74 Å². The number of fused-ring (bicyclic) bond motifs is 1. The molecule has 0 spiro atoms. The number of hydrogen-bond acceptors (Lipinski definition) is 6. The van der Waals surface area contributed by atoms with Crippen LogP contribution in [0.25, 0.3) is 22.2 Å². The zero-order valence-electron chi connectivity index (χ0n) is 21.3. The molecule has 0 saturated heterocycles. The van der Waals surface area contributed by atoms with Crippen molar-refractivity contribution in [3.8, 4) is 17.3 Å². The van der Waals surface area contributed by atoms with Gasteiger partial charge in [-0.1, -0.05) is 18.2 Å². The topological polar surface area (TPSA) is 119 Å². The summed E-state index contributed by atoms with van der Waals surface area (Å²) in [5, 5.41) is 17.7. The summed E-state index contributed by atoms with van der Waals surface area (Å²) >= 11 is 0. The Morgan fingerprint density at radius 3 is 2.58 bits per heavy atom. The number of aryl methyl sites for hydroxylation is 1. The Labute approximate surface area is 221 Å². The third-order valence-corrected chi connectivity index (χ3v) is 8.47. The van der Waals surface area contributed by atoms with Crippen molar-refractivity contribution in [3.63, 3.8) is 0 Å². The molecule has 1 fully saturated rings. The molecule has 0 unspecified atom stereocenters. The number of hydrogen-bond donors (Lipinski definition) is 1. The SMILES string of the molecule is CC(C)OC(=O)Nc1ccc(-c2c(C#N)c3ccc(S(=O)(=O)CCn4cccn4)cc3n2C2CCC2)cc1. The Balaban J connectivity index is 1.54. The number of nitrogens with one attached hydrogen (secondary N) is 1. The Morgan fingerprint density at radius 2 is 1.97 bits per heavy atom. The summed E-state index contributed by atoms with van der Waals surface area (Å²) in [7, 11) is -3.57. The minimum absolute atomic E-state index is 0.0734. The lowest BCUT2D eigenvalue weighted by molar-refractivity contribution is 0.130. The summed E-state index contributed by atoms with van der Waals surface area (Å²) < 4.78 is 35.3. The van der Waals surface area contributed by atoms with Gasteiger partial charge in [-0.15, -0.1) is 0 Å². The quantitative estimate of drug-likeness (QED) is 0.319. The van der Waals surface area contributed by atoms with Gasteiger partial charge in [0.2, 0.25) is 0 Å². The van der Waals surface area contributed by atoms with Crippen molar-refractivity contribution in [1.82, 2.24) is 14.3 Å². The van der Waals surface area contributed by atoms with E-state index >= 15 is 0 Å². The van der Waals surface area contributed by atoms with E-state index in [2.05, 4.69) is 21.1 Å². The highest BCUT2D eigenvalue weighted by atomic mass is 32.2. The number of rotatable bonds is 8. The third kappa shape index (κ3) is 5.02. The fraction of sp³-hybridized carbons (Fsp3) is 0.321. The lowest BCUT2D eigenvalue weighted by Crippen LogP contribution is -2.18. The van der Waals surface area contributed by atoms with Crippen molar-refractivity contribution in [2.45, 2.75) is 56.7 Å². The zero-order chi connectivity index (χ0) is 26.9. The first-order chi connectivity index (χ1) is 18.3. The first kappa shape index (κ1) is 25.5. The predicted molar refractivity (Wildman–Crippen MR) is 144 cm³/mol. The second-order valence-electron chi connectivity index (χ2n) is 9.71. The maximum Gasteiger partial charge on any atom is 0.411 e. The van der Waals surface area contributed by atoms with Gasteiger partial charge in [-0.3, -0.25) is 10.00 Å². The first-order valence-corrected chi connectivity index (χ1v) is 14.3. The molecule has 9 nitrogen and oxygen atoms in total. The van der Waals surface area contributed by atoms with Gasteiger partial charge in [0, 0.05) is 29.5 Å². The minimum atomic E-state index is -3.57. The van der Waals surface area contributed by atoms with Gasteiger partial charge in [0.15, 0.2) is 9.84 Å². The van der Waals surface area contributed by atoms with E-state index < -0.39 is 15.9 Å². The van der Waals surface area contributed by atoms with Crippen molar-refractivity contribution in [1.29, 1.82) is 5.26 Å². The molecule has 38 heavy (non-hydrogen) atoms. The van der Waals surface area contributed by atoms with Crippen LogP contribution < -0.4 is 5.32 Å². The predicted octanol–water partition coefficient (Wildman–Crippen LogP) is 5.53. The van der Waals surface area contributed by atoms with Gasteiger partial charge in [-0.25, -0.2) is 13.2 Å². The third-order valence-electron chi connectivity index (χ3n) is 6.78. The number of sulfone groups is 1. The fourth-order valence-corrected chi connectivity index (χ4v) is 5.97. The van der Waals surface area contributed by atoms with E-state index in [1.807, 2.05) is 12.1 Å². The molecule has 0 bridgehead atoms. The average molecular weight is 532 g/mol. The Hall–Kier alpha value is -4.10. The normalized spacial score (nSPS) is 13.8. The molecule has 1 aliphatic rings. The molecule has 0 aliphatic heterocycles. The molecule has 1 aliphatic carbocycles. The van der Waals surface area contributed by atoms with Crippen LogP contribution in [-0.2, 0) is 21.1 Å². The lowest BCUT2D eigenvalue weighted by Gasteiger charge is -2.30. The highest BCUT2D eigenvalue weighted by Gasteiger charge is 2.29. The zero-order valence-corrected chi connectivity index (χ0v) is 22.1. The average Bonchev–Trinajstić information content (AvgIpc) is 3.48. The molecule has 10 heteroatoms. The van der Waals surface area contributed by atoms with E-state index in [1.54, 1.807) is 67.3 Å². The fourth-order valence-electron chi connectivity index (χ4n) is 4.74. The number of nitriles is 1. The molecule has 2 aromatic carbocycles. The van der Waals surface area contributed by atoms with Crippen LogP contribution in [-0.4, -0.2) is 40.7 Å². The van der Waals surface area contributed by atoms with Crippen LogP contribution in [0.5, 0.6) is 0 Å². The van der Waals surface area contributed by atoms with Crippen LogP contribution >= 0.6 is 0 Å². The Bertz CT molecular complexity index is 1610. The summed E-state index contributed by atoms with van der Waals surface area (Å²) in [4.78, 5) is 12.2. The molecule has 2 aromatic heterocycles. The summed E-state index contributed by atoms with van der Waals surface area (Å²) in [6, 6.07) is 16.6. The minimum Gasteiger partial charge on any atom is -0.447 e. The number of carbonyl (C=O) groups excluding carboxylic acids is 1. The highest BCUT2D eigenvalue weighted by Crippen LogP contribution is 2.43. The highest BCUT2D eigenvalue weighted by molar-refractivity contribution is 7.91. The first-order valence-electron chi connectivity index (χ1n) is 12.6. The van der Waals surface area contributed by atoms with E-state index in [9.17, 15) is 18.5 Å². The van der Waals surface area contributed by atoms with Crippen LogP contribution in [0.15, 0.2) is 65.8 Å². The second-order valence-corrected chi connectivity index (χ2v) is 11.8. The molecule has 4 aromatic rings. The molecular weight excluding hydrogens is 502 g/mol. The molecule has 196 valence electrons. The largest absolute Gasteiger partial charge is 0.447 e. The molecule has 5 rings (SSSR count). The summed E-state index contributed by atoms with van der Waals surface area (Å²) in [5.74, 6) is -0.0734. The van der Waals surface area contributed by atoms with E-state index in [1.165, 1.54) is 0 Å². The summed E-state index contributed by atoms with van der Waals surface area (Å²) in [6.07, 6.45) is 5.58. The van der Waals surface area contributed by atoms with E-state index in [0.717, 1.165) is 41.4 Å². The van der Waals surface area contributed by atoms with Crippen LogP contribution in [0.2, 0.25) is 0 Å². The van der Waals surface area contributed by atoms with E-state index in [0.29, 0.717) is 11.3 Å². The van der Waals surface area contributed by atoms with Gasteiger partial charge in [-0.2, -0.15) is 10.4 Å². The summed E-state index contributed by atoms with van der Waals surface area (Å²) in [5.41, 5.74) is 3.40. The monoisotopic (exact) mass is 531 g/mol. The number of nitrogens with zero attached hydrogens (tertiary/aromatic N) is 4. The standard InChI is InChI=1S/C28H29N5O4S/c1-19(2)37-28(34)31-21-9-7-20(8-10-21)27-25(18-29)24-12-11-23(17-26(24)33(27)22-5-3-6-22)38(35,36)16-15-32-14-4-13-30-32/h4,7-14,17,19,22H,3,5-6,15-16H2,1-2H3,(H,31,34). The molecule has 1 N–H and O–H groups in total. The van der Waals surface area contributed by atoms with Crippen molar-refractivity contribution >= 4 is 32.5 Å². The molecule has 2 heterocycles. The summed E-state index contributed by atoms with van der Waals surface area (Å²) in [6.45, 7) is 3.82. The maximum atomic E-state index is 13.2. The molecule has 1 saturated carbocycles. The number of aromatic nitrogens is 3. The van der Waals surface area contributed by atoms with Crippen LogP contribution in [0, 0.1) is 11.3 Å². The molecule has 0 atom stereocenters. The molecular formula is C28H29N5O4S. The van der Waals surface area contributed by atoms with Crippen molar-refractivity contribution in [3.05, 3.63) is 66.5 Å². The van der Waals surface area contributed by atoms with Crippen LogP contribution in [0.4, 0.5) is 10.5 Å². The number of amides is 1. The second kappa shape index (κ2) is 10.3. The number of carbonyl (C=O) groups is 1. The lowest BCUT2D eigenvalue weighted by atomic mass is 9.92. The molecule has 0 radical (unpaired) electrons. The van der Waals surface area contributed by atoms with Crippen molar-refractivity contribution in [2.24, 2.45) is 0 Å². The smallest absolute Gasteiger partial charge is 0.411 e. The maximum absolute atomic E-state index is 13.2. The number of anilines is 1. The Kier molecular flexibility index (Phi) is 6.95.